The number of carbonyl (C=O) groups excluding carboxylic acids is 2. The summed E-state index contributed by atoms with van der Waals surface area (Å²) in [6.07, 6.45) is 1.77. The second kappa shape index (κ2) is 4.11. The summed E-state index contributed by atoms with van der Waals surface area (Å²) in [5, 5.41) is 2.24. The van der Waals surface area contributed by atoms with Crippen LogP contribution in [-0.2, 0) is 14.3 Å². The first-order valence-corrected chi connectivity index (χ1v) is 5.67. The molecule has 3 rings (SSSR count). The van der Waals surface area contributed by atoms with Crippen molar-refractivity contribution >= 4 is 28.8 Å². The Bertz CT molecular complexity index is 683. The van der Waals surface area contributed by atoms with Crippen molar-refractivity contribution in [2.75, 3.05) is 0 Å². The van der Waals surface area contributed by atoms with Crippen LogP contribution < -0.4 is 0 Å². The number of hydrogen-bond donors (Lipinski definition) is 0. The Labute approximate surface area is 104 Å². The van der Waals surface area contributed by atoms with Gasteiger partial charge in [-0.25, -0.2) is 4.79 Å². The number of hydrogen-bond acceptors (Lipinski definition) is 3. The molecule has 1 fully saturated rings. The smallest absolute Gasteiger partial charge is 0.342 e. The fourth-order valence-electron chi connectivity index (χ4n) is 2.04. The van der Waals surface area contributed by atoms with Gasteiger partial charge in [-0.3, -0.25) is 4.79 Å². The molecule has 0 N–H and O–H groups in total. The molecule has 1 heterocycles. The lowest BCUT2D eigenvalue weighted by Crippen LogP contribution is -1.96. The van der Waals surface area contributed by atoms with E-state index >= 15 is 0 Å². The highest BCUT2D eigenvalue weighted by Gasteiger charge is 2.26. The Morgan fingerprint density at radius 1 is 1.00 bits per heavy atom. The van der Waals surface area contributed by atoms with Crippen LogP contribution in [0.25, 0.3) is 16.8 Å². The van der Waals surface area contributed by atoms with Gasteiger partial charge in [0.05, 0.1) is 6.42 Å². The lowest BCUT2D eigenvalue weighted by atomic mass is 10.0. The molecule has 0 amide bonds. The molecule has 0 atom stereocenters. The molecular weight excluding hydrogens is 228 g/mol. The van der Waals surface area contributed by atoms with E-state index in [4.69, 9.17) is 0 Å². The van der Waals surface area contributed by atoms with E-state index in [1.54, 1.807) is 6.08 Å². The van der Waals surface area contributed by atoms with Crippen LogP contribution >= 0.6 is 0 Å². The molecule has 0 unspecified atom stereocenters. The molecule has 0 aliphatic carbocycles. The van der Waals surface area contributed by atoms with Crippen LogP contribution in [0.2, 0.25) is 0 Å². The van der Waals surface area contributed by atoms with E-state index in [9.17, 15) is 9.59 Å². The predicted molar refractivity (Wildman–Crippen MR) is 67.6 cm³/mol. The molecule has 0 bridgehead atoms. The van der Waals surface area contributed by atoms with Crippen LogP contribution in [0.15, 0.2) is 48.0 Å². The molecule has 0 spiro atoms. The topological polar surface area (TPSA) is 43.4 Å². The molecule has 2 aromatic carbocycles. The third kappa shape index (κ3) is 1.91. The summed E-state index contributed by atoms with van der Waals surface area (Å²) >= 11 is 0. The molecule has 18 heavy (non-hydrogen) atoms. The molecular formula is C15H10O3. The fraction of sp³-hybridized carbons (Fsp3) is 0.0667. The molecule has 0 radical (unpaired) electrons. The Morgan fingerprint density at radius 2 is 1.78 bits per heavy atom. The van der Waals surface area contributed by atoms with Gasteiger partial charge >= 0.3 is 11.9 Å². The van der Waals surface area contributed by atoms with E-state index in [1.807, 2.05) is 42.5 Å². The maximum atomic E-state index is 11.3. The van der Waals surface area contributed by atoms with Gasteiger partial charge in [0.15, 0.2) is 0 Å². The molecule has 3 heteroatoms. The molecule has 2 aromatic rings. The molecule has 3 nitrogen and oxygen atoms in total. The minimum Gasteiger partial charge on any atom is -0.389 e. The number of rotatable bonds is 1. The van der Waals surface area contributed by atoms with E-state index in [0.717, 1.165) is 16.3 Å². The molecule has 1 aliphatic rings. The summed E-state index contributed by atoms with van der Waals surface area (Å²) in [5.41, 5.74) is 1.31. The van der Waals surface area contributed by atoms with Gasteiger partial charge in [0.2, 0.25) is 0 Å². The van der Waals surface area contributed by atoms with Gasteiger partial charge in [-0.05, 0) is 28.5 Å². The number of benzene rings is 2. The molecule has 88 valence electrons. The summed E-state index contributed by atoms with van der Waals surface area (Å²) in [5.74, 6) is -1.01. The highest BCUT2D eigenvalue weighted by atomic mass is 16.6. The summed E-state index contributed by atoms with van der Waals surface area (Å²) in [6, 6.07) is 13.9. The minimum atomic E-state index is -0.534. The first kappa shape index (κ1) is 10.7. The van der Waals surface area contributed by atoms with Gasteiger partial charge in [0, 0.05) is 5.57 Å². The Morgan fingerprint density at radius 3 is 2.50 bits per heavy atom. The lowest BCUT2D eigenvalue weighted by Gasteiger charge is -1.99. The van der Waals surface area contributed by atoms with Crippen LogP contribution in [0.4, 0.5) is 0 Å². The first-order valence-electron chi connectivity index (χ1n) is 5.67. The number of cyclic esters (lactones) is 2. The maximum Gasteiger partial charge on any atom is 0.342 e. The summed E-state index contributed by atoms with van der Waals surface area (Å²) in [4.78, 5) is 22.3. The highest BCUT2D eigenvalue weighted by Crippen LogP contribution is 2.21. The molecule has 0 saturated carbocycles. The van der Waals surface area contributed by atoms with Gasteiger partial charge in [0.1, 0.15) is 0 Å². The lowest BCUT2D eigenvalue weighted by molar-refractivity contribution is -0.151. The van der Waals surface area contributed by atoms with Crippen molar-refractivity contribution in [2.24, 2.45) is 0 Å². The maximum absolute atomic E-state index is 11.3. The molecule has 1 aliphatic heterocycles. The zero-order chi connectivity index (χ0) is 12.5. The largest absolute Gasteiger partial charge is 0.389 e. The average molecular weight is 238 g/mol. The zero-order valence-electron chi connectivity index (χ0n) is 9.55. The van der Waals surface area contributed by atoms with Crippen LogP contribution in [-0.4, -0.2) is 11.9 Å². The van der Waals surface area contributed by atoms with E-state index in [-0.39, 0.29) is 6.42 Å². The monoisotopic (exact) mass is 238 g/mol. The van der Waals surface area contributed by atoms with Gasteiger partial charge in [0.25, 0.3) is 0 Å². The van der Waals surface area contributed by atoms with Crippen LogP contribution in [0, 0.1) is 0 Å². The van der Waals surface area contributed by atoms with E-state index in [2.05, 4.69) is 4.74 Å². The molecule has 0 aromatic heterocycles. The summed E-state index contributed by atoms with van der Waals surface area (Å²) in [6.45, 7) is 0. The Hall–Kier alpha value is -2.42. The van der Waals surface area contributed by atoms with E-state index in [0.29, 0.717) is 5.57 Å². The van der Waals surface area contributed by atoms with Crippen molar-refractivity contribution in [3.63, 3.8) is 0 Å². The minimum absolute atomic E-state index is 0.0612. The van der Waals surface area contributed by atoms with Crippen molar-refractivity contribution in [1.29, 1.82) is 0 Å². The van der Waals surface area contributed by atoms with E-state index in [1.165, 1.54) is 0 Å². The SMILES string of the molecule is O=C1CC(=Cc2ccc3ccccc3c2)C(=O)O1. The van der Waals surface area contributed by atoms with E-state index < -0.39 is 11.9 Å². The number of carbonyl (C=O) groups is 2. The second-order valence-corrected chi connectivity index (χ2v) is 4.21. The standard InChI is InChI=1S/C15H10O3/c16-14-9-13(15(17)18-14)8-10-5-6-11-3-1-2-4-12(11)7-10/h1-8H,9H2. The van der Waals surface area contributed by atoms with Gasteiger partial charge < -0.3 is 4.74 Å². The quantitative estimate of drug-likeness (QED) is 0.436. The van der Waals surface area contributed by atoms with Crippen LogP contribution in [0.3, 0.4) is 0 Å². The van der Waals surface area contributed by atoms with Crippen molar-refractivity contribution in [1.82, 2.24) is 0 Å². The van der Waals surface area contributed by atoms with Gasteiger partial charge in [-0.2, -0.15) is 0 Å². The van der Waals surface area contributed by atoms with Crippen LogP contribution in [0.1, 0.15) is 12.0 Å². The predicted octanol–water partition coefficient (Wildman–Crippen LogP) is 2.70. The van der Waals surface area contributed by atoms with Gasteiger partial charge in [-0.1, -0.05) is 36.4 Å². The van der Waals surface area contributed by atoms with Crippen molar-refractivity contribution in [3.05, 3.63) is 53.6 Å². The highest BCUT2D eigenvalue weighted by molar-refractivity contribution is 6.08. The summed E-state index contributed by atoms with van der Waals surface area (Å²) in [7, 11) is 0. The van der Waals surface area contributed by atoms with Crippen LogP contribution in [0.5, 0.6) is 0 Å². The average Bonchev–Trinajstić information content (AvgIpc) is 2.68. The summed E-state index contributed by atoms with van der Waals surface area (Å²) < 4.78 is 4.49. The molecule has 1 saturated heterocycles. The first-order chi connectivity index (χ1) is 8.72. The number of fused-ring (bicyclic) bond motifs is 1. The third-order valence-corrected chi connectivity index (χ3v) is 2.92. The Kier molecular flexibility index (Phi) is 2.45. The zero-order valence-corrected chi connectivity index (χ0v) is 9.55. The normalized spacial score (nSPS) is 17.4. The van der Waals surface area contributed by atoms with Crippen molar-refractivity contribution in [3.8, 4) is 0 Å². The Balaban J connectivity index is 2.02. The van der Waals surface area contributed by atoms with Crippen molar-refractivity contribution < 1.29 is 14.3 Å². The second-order valence-electron chi connectivity index (χ2n) is 4.21. The van der Waals surface area contributed by atoms with Crippen molar-refractivity contribution in [2.45, 2.75) is 6.42 Å². The fourth-order valence-corrected chi connectivity index (χ4v) is 2.04. The number of esters is 2. The third-order valence-electron chi connectivity index (χ3n) is 2.92. The number of ether oxygens (including phenoxy) is 1. The van der Waals surface area contributed by atoms with Gasteiger partial charge in [-0.15, -0.1) is 0 Å².